The number of hydrogen-bond acceptors (Lipinski definition) is 9. The number of ether oxygens (including phenoxy) is 2. The Morgan fingerprint density at radius 1 is 1.24 bits per heavy atom. The first-order valence-electron chi connectivity index (χ1n) is 7.67. The zero-order valence-electron chi connectivity index (χ0n) is 14.7. The number of rotatable bonds is 8. The number of non-ortho nitro benzene ring substituents is 1. The number of carbonyl (C=O) groups is 1. The summed E-state index contributed by atoms with van der Waals surface area (Å²) < 4.78 is 11.2. The molecular formula is C16H13BrN4O8. The van der Waals surface area contributed by atoms with E-state index in [1.54, 1.807) is 18.2 Å². The van der Waals surface area contributed by atoms with Crippen molar-refractivity contribution in [2.45, 2.75) is 0 Å². The molecule has 2 N–H and O–H groups in total. The predicted molar refractivity (Wildman–Crippen MR) is 103 cm³/mol. The number of hydrogen-bond donors (Lipinski definition) is 2. The average Bonchev–Trinajstić information content (AvgIpc) is 2.67. The van der Waals surface area contributed by atoms with Crippen molar-refractivity contribution in [3.63, 3.8) is 0 Å². The molecule has 0 atom stereocenters. The fourth-order valence-electron chi connectivity index (χ4n) is 2.08. The lowest BCUT2D eigenvalue weighted by molar-refractivity contribution is -0.394. The Morgan fingerprint density at radius 2 is 1.97 bits per heavy atom. The van der Waals surface area contributed by atoms with Crippen LogP contribution >= 0.6 is 15.9 Å². The maximum Gasteiger partial charge on any atom is 0.318 e. The predicted octanol–water partition coefficient (Wildman–Crippen LogP) is 2.51. The number of benzene rings is 2. The van der Waals surface area contributed by atoms with Crippen LogP contribution in [0.15, 0.2) is 39.9 Å². The van der Waals surface area contributed by atoms with Crippen LogP contribution in [0.2, 0.25) is 0 Å². The molecule has 2 aromatic carbocycles. The molecule has 12 nitrogen and oxygen atoms in total. The first kappa shape index (κ1) is 21.6. The summed E-state index contributed by atoms with van der Waals surface area (Å²) >= 11 is 3.27. The number of halogens is 1. The quantitative estimate of drug-likeness (QED) is 0.338. The molecule has 13 heteroatoms. The summed E-state index contributed by atoms with van der Waals surface area (Å²) in [6, 6.07) is 6.40. The molecule has 0 spiro atoms. The van der Waals surface area contributed by atoms with Gasteiger partial charge in [-0.1, -0.05) is 15.9 Å². The minimum Gasteiger partial charge on any atom is -0.502 e. The van der Waals surface area contributed by atoms with Gasteiger partial charge in [0.2, 0.25) is 5.75 Å². The number of phenols is 1. The van der Waals surface area contributed by atoms with E-state index in [4.69, 9.17) is 9.47 Å². The zero-order valence-corrected chi connectivity index (χ0v) is 16.3. The highest BCUT2D eigenvalue weighted by Crippen LogP contribution is 2.33. The first-order chi connectivity index (χ1) is 13.7. The standard InChI is InChI=1S/C16H13BrN4O8/c1-28-14-5-10(17)2-3-13(14)29-8-15(22)19-18-7-9-4-11(20(24)25)6-12(16(9)23)21(26)27/h2-7,23H,8H2,1H3,(H,19,22)/b18-7+. The van der Waals surface area contributed by atoms with Crippen LogP contribution in [0.4, 0.5) is 11.4 Å². The van der Waals surface area contributed by atoms with Crippen molar-refractivity contribution >= 4 is 39.4 Å². The van der Waals surface area contributed by atoms with E-state index in [0.717, 1.165) is 16.8 Å². The minimum absolute atomic E-state index is 0.307. The third-order valence-electron chi connectivity index (χ3n) is 3.39. The maximum atomic E-state index is 11.8. The van der Waals surface area contributed by atoms with Crippen LogP contribution in [-0.4, -0.2) is 40.8 Å². The van der Waals surface area contributed by atoms with Gasteiger partial charge in [0.25, 0.3) is 11.6 Å². The lowest BCUT2D eigenvalue weighted by Gasteiger charge is -2.10. The summed E-state index contributed by atoms with van der Waals surface area (Å²) in [6.07, 6.45) is 0.841. The molecule has 0 fully saturated rings. The first-order valence-corrected chi connectivity index (χ1v) is 8.46. The number of nitro groups is 2. The second-order valence-corrected chi connectivity index (χ2v) is 6.21. The number of nitrogens with one attached hydrogen (secondary N) is 1. The van der Waals surface area contributed by atoms with Crippen LogP contribution in [0.3, 0.4) is 0 Å². The van der Waals surface area contributed by atoms with E-state index < -0.39 is 39.5 Å². The van der Waals surface area contributed by atoms with Gasteiger partial charge in [-0.05, 0) is 18.2 Å². The summed E-state index contributed by atoms with van der Waals surface area (Å²) in [7, 11) is 1.43. The van der Waals surface area contributed by atoms with Crippen molar-refractivity contribution in [3.05, 3.63) is 60.6 Å². The van der Waals surface area contributed by atoms with Gasteiger partial charge in [-0.25, -0.2) is 5.43 Å². The van der Waals surface area contributed by atoms with Crippen LogP contribution in [0.5, 0.6) is 17.2 Å². The smallest absolute Gasteiger partial charge is 0.318 e. The Labute approximate surface area is 171 Å². The number of aromatic hydroxyl groups is 1. The van der Waals surface area contributed by atoms with Gasteiger partial charge < -0.3 is 14.6 Å². The normalized spacial score (nSPS) is 10.6. The Bertz CT molecular complexity index is 995. The van der Waals surface area contributed by atoms with Gasteiger partial charge >= 0.3 is 5.69 Å². The van der Waals surface area contributed by atoms with Crippen molar-refractivity contribution in [3.8, 4) is 17.2 Å². The molecule has 0 aliphatic heterocycles. The van der Waals surface area contributed by atoms with Gasteiger partial charge in [-0.2, -0.15) is 5.10 Å². The molecule has 0 heterocycles. The molecule has 0 saturated heterocycles. The molecule has 2 rings (SSSR count). The highest BCUT2D eigenvalue weighted by Gasteiger charge is 2.23. The SMILES string of the molecule is COc1cc(Br)ccc1OCC(=O)N/N=C/c1cc([N+](=O)[O-])cc([N+](=O)[O-])c1O. The fourth-order valence-corrected chi connectivity index (χ4v) is 2.42. The monoisotopic (exact) mass is 468 g/mol. The summed E-state index contributed by atoms with van der Waals surface area (Å²) in [5, 5.41) is 35.2. The van der Waals surface area contributed by atoms with Crippen molar-refractivity contribution in [1.29, 1.82) is 0 Å². The number of amides is 1. The molecule has 0 bridgehead atoms. The molecule has 0 aliphatic carbocycles. The van der Waals surface area contributed by atoms with Gasteiger partial charge in [0.05, 0.1) is 34.8 Å². The largest absolute Gasteiger partial charge is 0.502 e. The van der Waals surface area contributed by atoms with Crippen molar-refractivity contribution in [2.75, 3.05) is 13.7 Å². The Hall–Kier alpha value is -3.74. The molecular weight excluding hydrogens is 456 g/mol. The van der Waals surface area contributed by atoms with Gasteiger partial charge in [0.1, 0.15) is 0 Å². The van der Waals surface area contributed by atoms with Crippen LogP contribution in [0, 0.1) is 20.2 Å². The van der Waals surface area contributed by atoms with E-state index in [-0.39, 0.29) is 5.56 Å². The molecule has 29 heavy (non-hydrogen) atoms. The average molecular weight is 469 g/mol. The van der Waals surface area contributed by atoms with Gasteiger partial charge in [0.15, 0.2) is 18.1 Å². The summed E-state index contributed by atoms with van der Waals surface area (Å²) in [5.74, 6) is -0.814. The third kappa shape index (κ3) is 5.62. The van der Waals surface area contributed by atoms with Crippen molar-refractivity contribution in [1.82, 2.24) is 5.43 Å². The van der Waals surface area contributed by atoms with E-state index in [2.05, 4.69) is 26.5 Å². The van der Waals surface area contributed by atoms with E-state index in [9.17, 15) is 30.1 Å². The maximum absolute atomic E-state index is 11.8. The second-order valence-electron chi connectivity index (χ2n) is 5.29. The Balaban J connectivity index is 2.07. The number of phenolic OH excluding ortho intramolecular Hbond substituents is 1. The molecule has 152 valence electrons. The molecule has 0 aromatic heterocycles. The summed E-state index contributed by atoms with van der Waals surface area (Å²) in [4.78, 5) is 31.8. The number of carbonyl (C=O) groups excluding carboxylic acids is 1. The van der Waals surface area contributed by atoms with Gasteiger partial charge in [0, 0.05) is 10.5 Å². The van der Waals surface area contributed by atoms with E-state index in [1.807, 2.05) is 0 Å². The lowest BCUT2D eigenvalue weighted by atomic mass is 10.1. The fraction of sp³-hybridized carbons (Fsp3) is 0.125. The van der Waals surface area contributed by atoms with E-state index in [1.165, 1.54) is 7.11 Å². The topological polar surface area (TPSA) is 166 Å². The molecule has 0 radical (unpaired) electrons. The minimum atomic E-state index is -0.975. The van der Waals surface area contributed by atoms with Gasteiger partial charge in [-0.3, -0.25) is 25.0 Å². The molecule has 0 aliphatic rings. The third-order valence-corrected chi connectivity index (χ3v) is 3.88. The number of nitrogens with zero attached hydrogens (tertiary/aromatic N) is 3. The molecule has 0 unspecified atom stereocenters. The van der Waals surface area contributed by atoms with Crippen molar-refractivity contribution in [2.24, 2.45) is 5.10 Å². The van der Waals surface area contributed by atoms with Gasteiger partial charge in [-0.15, -0.1) is 0 Å². The number of methoxy groups -OCH3 is 1. The van der Waals surface area contributed by atoms with E-state index in [0.29, 0.717) is 17.6 Å². The van der Waals surface area contributed by atoms with Crippen molar-refractivity contribution < 1.29 is 29.2 Å². The summed E-state index contributed by atoms with van der Waals surface area (Å²) in [5.41, 5.74) is 0.281. The number of nitro benzene ring substituents is 2. The van der Waals surface area contributed by atoms with Crippen LogP contribution in [0.25, 0.3) is 0 Å². The molecule has 2 aromatic rings. The van der Waals surface area contributed by atoms with Crippen LogP contribution in [0.1, 0.15) is 5.56 Å². The molecule has 0 saturated carbocycles. The second kappa shape index (κ2) is 9.45. The van der Waals surface area contributed by atoms with E-state index >= 15 is 0 Å². The van der Waals surface area contributed by atoms with Crippen LogP contribution in [-0.2, 0) is 4.79 Å². The summed E-state index contributed by atoms with van der Waals surface area (Å²) in [6.45, 7) is -0.434. The zero-order chi connectivity index (χ0) is 21.6. The highest BCUT2D eigenvalue weighted by molar-refractivity contribution is 9.10. The van der Waals surface area contributed by atoms with Crippen LogP contribution < -0.4 is 14.9 Å². The molecule has 1 amide bonds. The highest BCUT2D eigenvalue weighted by atomic mass is 79.9. The lowest BCUT2D eigenvalue weighted by Crippen LogP contribution is -2.24. The Kier molecular flexibility index (Phi) is 7.03. The number of hydrazone groups is 1. The Morgan fingerprint density at radius 3 is 2.59 bits per heavy atom.